The number of aromatic nitrogens is 1. The van der Waals surface area contributed by atoms with Crippen molar-refractivity contribution in [2.45, 2.75) is 19.3 Å². The fourth-order valence-electron chi connectivity index (χ4n) is 2.83. The SMILES string of the molecule is O=C1CCCc2sc(-c3ccc(F)c4ccccc34)nc21. The number of halogens is 1. The lowest BCUT2D eigenvalue weighted by Crippen LogP contribution is -2.08. The van der Waals surface area contributed by atoms with Crippen LogP contribution in [0.2, 0.25) is 0 Å². The third-order valence-electron chi connectivity index (χ3n) is 3.87. The Kier molecular flexibility index (Phi) is 2.86. The van der Waals surface area contributed by atoms with Crippen molar-refractivity contribution >= 4 is 27.9 Å². The molecule has 0 amide bonds. The number of carbonyl (C=O) groups excluding carboxylic acids is 1. The summed E-state index contributed by atoms with van der Waals surface area (Å²) in [6, 6.07) is 10.6. The Balaban J connectivity index is 1.95. The minimum absolute atomic E-state index is 0.130. The number of benzene rings is 2. The van der Waals surface area contributed by atoms with Crippen LogP contribution in [0.3, 0.4) is 0 Å². The molecule has 1 aliphatic carbocycles. The van der Waals surface area contributed by atoms with Gasteiger partial charge >= 0.3 is 0 Å². The van der Waals surface area contributed by atoms with Gasteiger partial charge in [-0.15, -0.1) is 11.3 Å². The molecule has 104 valence electrons. The topological polar surface area (TPSA) is 30.0 Å². The monoisotopic (exact) mass is 297 g/mol. The van der Waals surface area contributed by atoms with Gasteiger partial charge in [-0.25, -0.2) is 9.37 Å². The number of carbonyl (C=O) groups is 1. The second-order valence-electron chi connectivity index (χ2n) is 5.21. The molecule has 4 rings (SSSR count). The maximum absolute atomic E-state index is 13.9. The highest BCUT2D eigenvalue weighted by Crippen LogP contribution is 2.36. The van der Waals surface area contributed by atoms with Gasteiger partial charge < -0.3 is 0 Å². The first-order chi connectivity index (χ1) is 10.2. The molecule has 2 aromatic carbocycles. The highest BCUT2D eigenvalue weighted by Gasteiger charge is 2.23. The molecule has 0 saturated carbocycles. The normalized spacial score (nSPS) is 14.4. The summed E-state index contributed by atoms with van der Waals surface area (Å²) in [6.07, 6.45) is 2.40. The van der Waals surface area contributed by atoms with Crippen LogP contribution < -0.4 is 0 Å². The zero-order valence-corrected chi connectivity index (χ0v) is 12.0. The molecule has 0 unspecified atom stereocenters. The van der Waals surface area contributed by atoms with E-state index in [1.807, 2.05) is 18.2 Å². The number of hydrogen-bond acceptors (Lipinski definition) is 3. The average Bonchev–Trinajstić information content (AvgIpc) is 2.93. The van der Waals surface area contributed by atoms with Crippen LogP contribution >= 0.6 is 11.3 Å². The summed E-state index contributed by atoms with van der Waals surface area (Å²) in [5.74, 6) is -0.100. The number of nitrogens with zero attached hydrogens (tertiary/aromatic N) is 1. The predicted octanol–water partition coefficient (Wildman–Crippen LogP) is 4.62. The Morgan fingerprint density at radius 1 is 1.05 bits per heavy atom. The Morgan fingerprint density at radius 3 is 2.67 bits per heavy atom. The summed E-state index contributed by atoms with van der Waals surface area (Å²) in [7, 11) is 0. The van der Waals surface area contributed by atoms with Gasteiger partial charge in [0.2, 0.25) is 0 Å². The Morgan fingerprint density at radius 2 is 1.86 bits per heavy atom. The number of aryl methyl sites for hydroxylation is 1. The van der Waals surface area contributed by atoms with E-state index < -0.39 is 0 Å². The van der Waals surface area contributed by atoms with Crippen LogP contribution in [0.25, 0.3) is 21.3 Å². The number of thiazole rings is 1. The van der Waals surface area contributed by atoms with Crippen molar-refractivity contribution in [2.75, 3.05) is 0 Å². The molecular weight excluding hydrogens is 285 g/mol. The lowest BCUT2D eigenvalue weighted by atomic mass is 10.0. The molecule has 1 heterocycles. The smallest absolute Gasteiger partial charge is 0.182 e. The largest absolute Gasteiger partial charge is 0.292 e. The fourth-order valence-corrected chi connectivity index (χ4v) is 3.99. The molecule has 0 bridgehead atoms. The van der Waals surface area contributed by atoms with Crippen molar-refractivity contribution < 1.29 is 9.18 Å². The van der Waals surface area contributed by atoms with E-state index in [1.54, 1.807) is 23.5 Å². The van der Waals surface area contributed by atoms with Crippen LogP contribution in [0.4, 0.5) is 4.39 Å². The molecule has 3 aromatic rings. The number of Topliss-reactive ketones (excluding diaryl/α,β-unsaturated/α-hetero) is 1. The third kappa shape index (κ3) is 1.98. The Labute approximate surface area is 125 Å². The molecular formula is C17H12FNOS. The van der Waals surface area contributed by atoms with E-state index in [0.717, 1.165) is 33.7 Å². The van der Waals surface area contributed by atoms with Crippen LogP contribution in [0.5, 0.6) is 0 Å². The molecule has 1 aromatic heterocycles. The van der Waals surface area contributed by atoms with Gasteiger partial charge in [0, 0.05) is 22.2 Å². The molecule has 0 saturated heterocycles. The van der Waals surface area contributed by atoms with Gasteiger partial charge in [-0.1, -0.05) is 24.3 Å². The molecule has 0 aliphatic heterocycles. The molecule has 2 nitrogen and oxygen atoms in total. The van der Waals surface area contributed by atoms with Gasteiger partial charge in [0.25, 0.3) is 0 Å². The molecule has 4 heteroatoms. The van der Waals surface area contributed by atoms with Gasteiger partial charge in [-0.2, -0.15) is 0 Å². The molecule has 21 heavy (non-hydrogen) atoms. The van der Waals surface area contributed by atoms with E-state index in [1.165, 1.54) is 6.07 Å². The van der Waals surface area contributed by atoms with Crippen molar-refractivity contribution in [1.29, 1.82) is 0 Å². The highest BCUT2D eigenvalue weighted by molar-refractivity contribution is 7.15. The Bertz CT molecular complexity index is 868. The molecule has 1 aliphatic rings. The number of ketones is 1. The van der Waals surface area contributed by atoms with Crippen molar-refractivity contribution in [3.63, 3.8) is 0 Å². The standard InChI is InChI=1S/C17H12FNOS/c18-13-9-8-12(10-4-1-2-5-11(10)13)17-19-16-14(20)6-3-7-15(16)21-17/h1-2,4-5,8-9H,3,6-7H2. The summed E-state index contributed by atoms with van der Waals surface area (Å²) in [5, 5.41) is 2.25. The Hall–Kier alpha value is -2.07. The summed E-state index contributed by atoms with van der Waals surface area (Å²) in [6.45, 7) is 0. The van der Waals surface area contributed by atoms with Gasteiger partial charge in [0.15, 0.2) is 5.78 Å². The summed E-state index contributed by atoms with van der Waals surface area (Å²) >= 11 is 1.56. The van der Waals surface area contributed by atoms with Crippen LogP contribution in [-0.4, -0.2) is 10.8 Å². The van der Waals surface area contributed by atoms with Crippen LogP contribution in [0.15, 0.2) is 36.4 Å². The lowest BCUT2D eigenvalue weighted by Gasteiger charge is -2.06. The first-order valence-corrected chi connectivity index (χ1v) is 7.76. The van der Waals surface area contributed by atoms with Crippen molar-refractivity contribution in [2.24, 2.45) is 0 Å². The van der Waals surface area contributed by atoms with Gasteiger partial charge in [0.1, 0.15) is 16.5 Å². The van der Waals surface area contributed by atoms with E-state index in [2.05, 4.69) is 4.98 Å². The first kappa shape index (κ1) is 12.7. The predicted molar refractivity (Wildman–Crippen MR) is 82.3 cm³/mol. The van der Waals surface area contributed by atoms with E-state index in [9.17, 15) is 9.18 Å². The summed E-state index contributed by atoms with van der Waals surface area (Å²) in [4.78, 5) is 17.5. The van der Waals surface area contributed by atoms with E-state index in [4.69, 9.17) is 0 Å². The number of rotatable bonds is 1. The molecule has 0 fully saturated rings. The van der Waals surface area contributed by atoms with Gasteiger partial charge in [0.05, 0.1) is 0 Å². The quantitative estimate of drug-likeness (QED) is 0.656. The average molecular weight is 297 g/mol. The summed E-state index contributed by atoms with van der Waals surface area (Å²) in [5.41, 5.74) is 1.52. The van der Waals surface area contributed by atoms with Crippen LogP contribution in [0.1, 0.15) is 28.2 Å². The third-order valence-corrected chi connectivity index (χ3v) is 5.02. The van der Waals surface area contributed by atoms with Gasteiger partial charge in [-0.05, 0) is 30.4 Å². The summed E-state index contributed by atoms with van der Waals surface area (Å²) < 4.78 is 13.9. The minimum Gasteiger partial charge on any atom is -0.292 e. The van der Waals surface area contributed by atoms with E-state index in [-0.39, 0.29) is 11.6 Å². The number of hydrogen-bond donors (Lipinski definition) is 0. The van der Waals surface area contributed by atoms with E-state index >= 15 is 0 Å². The fraction of sp³-hybridized carbons (Fsp3) is 0.176. The highest BCUT2D eigenvalue weighted by atomic mass is 32.1. The minimum atomic E-state index is -0.230. The molecule has 0 atom stereocenters. The molecule has 0 radical (unpaired) electrons. The van der Waals surface area contributed by atoms with E-state index in [0.29, 0.717) is 17.5 Å². The lowest BCUT2D eigenvalue weighted by molar-refractivity contribution is 0.0968. The second-order valence-corrected chi connectivity index (χ2v) is 6.29. The zero-order valence-electron chi connectivity index (χ0n) is 11.2. The van der Waals surface area contributed by atoms with Gasteiger partial charge in [-0.3, -0.25) is 4.79 Å². The number of fused-ring (bicyclic) bond motifs is 2. The maximum atomic E-state index is 13.9. The molecule has 0 spiro atoms. The zero-order chi connectivity index (χ0) is 14.4. The van der Waals surface area contributed by atoms with Crippen molar-refractivity contribution in [3.8, 4) is 10.6 Å². The van der Waals surface area contributed by atoms with Crippen LogP contribution in [0, 0.1) is 5.82 Å². The second kappa shape index (κ2) is 4.74. The van der Waals surface area contributed by atoms with Crippen LogP contribution in [-0.2, 0) is 6.42 Å². The molecule has 0 N–H and O–H groups in total. The first-order valence-electron chi connectivity index (χ1n) is 6.94. The maximum Gasteiger partial charge on any atom is 0.182 e. The van der Waals surface area contributed by atoms with Crippen molar-refractivity contribution in [3.05, 3.63) is 52.8 Å². The van der Waals surface area contributed by atoms with Crippen molar-refractivity contribution in [1.82, 2.24) is 4.98 Å².